The van der Waals surface area contributed by atoms with Crippen molar-refractivity contribution >= 4 is 59.1 Å². The Morgan fingerprint density at radius 3 is 1.15 bits per heavy atom. The summed E-state index contributed by atoms with van der Waals surface area (Å²) in [7, 11) is 0. The van der Waals surface area contributed by atoms with Gasteiger partial charge >= 0.3 is 5.97 Å². The van der Waals surface area contributed by atoms with Crippen LogP contribution in [-0.2, 0) is 60.8 Å². The lowest BCUT2D eigenvalue weighted by Gasteiger charge is -2.30. The number of nitrogens with one attached hydrogen (secondary N) is 8. The van der Waals surface area contributed by atoms with E-state index in [-0.39, 0.29) is 81.4 Å². The molecule has 0 aromatic heterocycles. The van der Waals surface area contributed by atoms with Crippen LogP contribution in [0.1, 0.15) is 124 Å². The van der Waals surface area contributed by atoms with E-state index in [1.54, 1.807) is 67.5 Å². The molecule has 0 aliphatic rings. The number of benzene rings is 2. The number of amides is 9. The highest BCUT2D eigenvalue weighted by molar-refractivity contribution is 5.98. The van der Waals surface area contributed by atoms with Crippen LogP contribution < -0.4 is 65.5 Å². The number of aromatic hydroxyl groups is 2. The molecule has 0 fully saturated rings. The third-order valence-corrected chi connectivity index (χ3v) is 13.3. The number of phenols is 2. The van der Waals surface area contributed by atoms with Gasteiger partial charge in [-0.3, -0.25) is 43.2 Å². The molecular weight excluding hydrogens is 1050 g/mol. The summed E-state index contributed by atoms with van der Waals surface area (Å²) in [5.41, 5.74) is 23.9. The molecule has 25 nitrogen and oxygen atoms in total. The van der Waals surface area contributed by atoms with Crippen LogP contribution in [0, 0.1) is 23.7 Å². The van der Waals surface area contributed by atoms with Crippen molar-refractivity contribution in [3.8, 4) is 11.5 Å². The van der Waals surface area contributed by atoms with E-state index < -0.39 is 125 Å². The van der Waals surface area contributed by atoms with Gasteiger partial charge in [0.25, 0.3) is 0 Å². The molecule has 0 aliphatic carbocycles. The number of phenolic OH excluding ortho intramolecular Hbond substituents is 2. The van der Waals surface area contributed by atoms with Crippen molar-refractivity contribution < 1.29 is 63.3 Å². The Hall–Kier alpha value is -7.38. The van der Waals surface area contributed by atoms with Gasteiger partial charge < -0.3 is 80.8 Å². The van der Waals surface area contributed by atoms with Crippen molar-refractivity contribution in [2.45, 2.75) is 180 Å². The number of hydrogen-bond donors (Lipinski definition) is 15. The number of carbonyl (C=O) groups is 10. The largest absolute Gasteiger partial charge is 0.508 e. The number of nitrogens with two attached hydrogens (primary N) is 4. The summed E-state index contributed by atoms with van der Waals surface area (Å²) in [6, 6.07) is 0.289. The number of unbranched alkanes of at least 4 members (excludes halogenated alkanes) is 2. The molecule has 0 heterocycles. The molecule has 0 saturated heterocycles. The highest BCUT2D eigenvalue weighted by atomic mass is 16.4. The van der Waals surface area contributed by atoms with Crippen molar-refractivity contribution in [3.05, 3.63) is 59.7 Å². The zero-order valence-corrected chi connectivity index (χ0v) is 48.1. The quantitative estimate of drug-likeness (QED) is 0.0387. The first-order chi connectivity index (χ1) is 38.1. The van der Waals surface area contributed by atoms with Gasteiger partial charge in [0.15, 0.2) is 0 Å². The fraction of sp³-hybridized carbons (Fsp3) is 0.607. The van der Waals surface area contributed by atoms with E-state index in [1.165, 1.54) is 36.4 Å². The first-order valence-corrected chi connectivity index (χ1v) is 27.7. The van der Waals surface area contributed by atoms with Gasteiger partial charge in [0.05, 0.1) is 6.04 Å². The van der Waals surface area contributed by atoms with Crippen LogP contribution in [0.25, 0.3) is 0 Å². The van der Waals surface area contributed by atoms with Crippen molar-refractivity contribution in [2.24, 2.45) is 46.6 Å². The Balaban J connectivity index is 2.49. The lowest BCUT2D eigenvalue weighted by molar-refractivity contribution is -0.142. The van der Waals surface area contributed by atoms with Crippen molar-refractivity contribution in [1.29, 1.82) is 0 Å². The Labute approximate surface area is 474 Å². The molecule has 25 heteroatoms. The predicted molar refractivity (Wildman–Crippen MR) is 303 cm³/mol. The maximum absolute atomic E-state index is 14.6. The minimum atomic E-state index is -1.49. The van der Waals surface area contributed by atoms with Crippen LogP contribution in [0.2, 0.25) is 0 Å². The fourth-order valence-electron chi connectivity index (χ4n) is 8.41. The molecule has 0 bridgehead atoms. The summed E-state index contributed by atoms with van der Waals surface area (Å²) in [5.74, 6) is -10.1. The highest BCUT2D eigenvalue weighted by Gasteiger charge is 2.37. The lowest BCUT2D eigenvalue weighted by Crippen LogP contribution is -2.62. The summed E-state index contributed by atoms with van der Waals surface area (Å²) in [6.07, 6.45) is 0.918. The van der Waals surface area contributed by atoms with Gasteiger partial charge in [-0.2, -0.15) is 0 Å². The van der Waals surface area contributed by atoms with E-state index in [9.17, 15) is 63.3 Å². The minimum absolute atomic E-state index is 0.0169. The maximum atomic E-state index is 14.6. The van der Waals surface area contributed by atoms with Crippen LogP contribution in [0.5, 0.6) is 11.5 Å². The van der Waals surface area contributed by atoms with Crippen LogP contribution in [0.4, 0.5) is 0 Å². The second-order valence-corrected chi connectivity index (χ2v) is 21.9. The fourth-order valence-corrected chi connectivity index (χ4v) is 8.41. The molecule has 19 N–H and O–H groups in total. The summed E-state index contributed by atoms with van der Waals surface area (Å²) in [6.45, 7) is 14.2. The summed E-state index contributed by atoms with van der Waals surface area (Å²) in [4.78, 5) is 136. The van der Waals surface area contributed by atoms with Gasteiger partial charge in [-0.1, -0.05) is 79.7 Å². The Morgan fingerprint density at radius 2 is 0.778 bits per heavy atom. The van der Waals surface area contributed by atoms with Gasteiger partial charge in [-0.25, -0.2) is 4.79 Å². The molecule has 0 unspecified atom stereocenters. The molecule has 0 saturated carbocycles. The summed E-state index contributed by atoms with van der Waals surface area (Å²) < 4.78 is 0. The second-order valence-electron chi connectivity index (χ2n) is 21.9. The first-order valence-electron chi connectivity index (χ1n) is 27.7. The maximum Gasteiger partial charge on any atom is 0.326 e. The molecule has 81 heavy (non-hydrogen) atoms. The second kappa shape index (κ2) is 35.4. The third-order valence-electron chi connectivity index (χ3n) is 13.3. The number of rotatable bonds is 37. The average molecular weight is 1140 g/mol. The standard InChI is InChI=1S/C56H90N12O13/c1-30(2)27-41(50(74)61-38(13-9-11-25-57)48(72)63-40(56(80)81)23-24-44(59)71)65-54(78)46(32(5)6)67-49(73)39(14-10-12-26-58)62-51(75)42(28-34-15-19-36(69)20-16-34)66-55(79)47(33(7)8)68-52(76)43(64-53(77)45(60)31(3)4)29-35-17-21-37(70)22-18-35/h15-22,30-33,38-43,45-47,69-70H,9-14,23-29,57-58,60H2,1-8H3,(H2,59,71)(H,61,74)(H,62,75)(H,63,72)(H,64,77)(H,65,78)(H,66,79)(H,67,73)(H,68,76)(H,80,81)/t38-,39-,40-,41-,42-,43-,45-,46-,47-/m0/s1. The van der Waals surface area contributed by atoms with Crippen molar-refractivity contribution in [1.82, 2.24) is 42.5 Å². The monoisotopic (exact) mass is 1140 g/mol. The number of carboxylic acid groups (broad SMARTS) is 1. The summed E-state index contributed by atoms with van der Waals surface area (Å²) >= 11 is 0. The van der Waals surface area contributed by atoms with Crippen LogP contribution in [-0.4, -0.2) is 142 Å². The third kappa shape index (κ3) is 25.3. The van der Waals surface area contributed by atoms with E-state index in [0.29, 0.717) is 36.8 Å². The predicted octanol–water partition coefficient (Wildman–Crippen LogP) is -0.289. The van der Waals surface area contributed by atoms with E-state index in [0.717, 1.165) is 0 Å². The topological polar surface area (TPSA) is 432 Å². The molecule has 0 spiro atoms. The van der Waals surface area contributed by atoms with Crippen LogP contribution >= 0.6 is 0 Å². The molecule has 2 aromatic carbocycles. The van der Waals surface area contributed by atoms with Crippen LogP contribution in [0.15, 0.2) is 48.5 Å². The Kier molecular flexibility index (Phi) is 30.4. The van der Waals surface area contributed by atoms with Gasteiger partial charge in [0, 0.05) is 19.3 Å². The average Bonchev–Trinajstić information content (AvgIpc) is 3.39. The Bertz CT molecular complexity index is 2390. The lowest BCUT2D eigenvalue weighted by atomic mass is 9.98. The molecular formula is C56H90N12O13. The zero-order valence-electron chi connectivity index (χ0n) is 48.1. The number of carboxylic acids is 1. The minimum Gasteiger partial charge on any atom is -0.508 e. The first kappa shape index (κ1) is 69.7. The molecule has 9 atom stereocenters. The van der Waals surface area contributed by atoms with Crippen molar-refractivity contribution in [3.63, 3.8) is 0 Å². The van der Waals surface area contributed by atoms with Gasteiger partial charge in [-0.05, 0) is 124 Å². The van der Waals surface area contributed by atoms with Crippen molar-refractivity contribution in [2.75, 3.05) is 13.1 Å². The smallest absolute Gasteiger partial charge is 0.326 e. The number of primary amides is 1. The molecule has 0 aliphatic heterocycles. The molecule has 9 amide bonds. The van der Waals surface area contributed by atoms with Crippen LogP contribution in [0.3, 0.4) is 0 Å². The summed E-state index contributed by atoms with van der Waals surface area (Å²) in [5, 5.41) is 51.0. The van der Waals surface area contributed by atoms with E-state index in [2.05, 4.69) is 42.5 Å². The number of hydrogen-bond acceptors (Lipinski definition) is 15. The number of carbonyl (C=O) groups excluding carboxylic acids is 9. The highest BCUT2D eigenvalue weighted by Crippen LogP contribution is 2.17. The van der Waals surface area contributed by atoms with E-state index in [1.807, 2.05) is 0 Å². The normalized spacial score (nSPS) is 14.7. The van der Waals surface area contributed by atoms with E-state index in [4.69, 9.17) is 22.9 Å². The van der Waals surface area contributed by atoms with Gasteiger partial charge in [0.2, 0.25) is 53.2 Å². The van der Waals surface area contributed by atoms with Gasteiger partial charge in [-0.15, -0.1) is 0 Å². The molecule has 2 aromatic rings. The zero-order chi connectivity index (χ0) is 61.1. The molecule has 2 rings (SSSR count). The number of aliphatic carboxylic acids is 1. The molecule has 452 valence electrons. The van der Waals surface area contributed by atoms with E-state index >= 15 is 0 Å². The van der Waals surface area contributed by atoms with Gasteiger partial charge in [0.1, 0.15) is 59.8 Å². The SMILES string of the molecule is CC(C)C[C@H](NC(=O)[C@@H](NC(=O)[C@H](CCCCN)NC(=O)[C@H](Cc1ccc(O)cc1)NC(=O)[C@@H](NC(=O)[C@H](Cc1ccc(O)cc1)NC(=O)[C@@H](N)C(C)C)C(C)C)C(C)C)C(=O)N[C@@H](CCCCN)C(=O)N[C@@H](CCC(N)=O)C(=O)O. The Morgan fingerprint density at radius 1 is 0.432 bits per heavy atom. The molecule has 0 radical (unpaired) electrons.